The number of nitrogens with zero attached hydrogens (tertiary/aromatic N) is 1. The Morgan fingerprint density at radius 2 is 1.14 bits per heavy atom. The molecule has 2 nitrogen and oxygen atoms in total. The summed E-state index contributed by atoms with van der Waals surface area (Å²) in [6, 6.07) is 67.0. The fourth-order valence-electron chi connectivity index (χ4n) is 7.97. The van der Waals surface area contributed by atoms with Gasteiger partial charge in [-0.25, -0.2) is 0 Å². The highest BCUT2D eigenvalue weighted by Gasteiger charge is 2.17. The van der Waals surface area contributed by atoms with E-state index in [1.807, 2.05) is 0 Å². The van der Waals surface area contributed by atoms with Crippen molar-refractivity contribution in [2.75, 3.05) is 0 Å². The molecule has 58 heavy (non-hydrogen) atoms. The summed E-state index contributed by atoms with van der Waals surface area (Å²) in [5.41, 5.74) is 15.5. The van der Waals surface area contributed by atoms with Gasteiger partial charge in [-0.3, -0.25) is 4.99 Å². The third-order valence-electron chi connectivity index (χ3n) is 10.9. The van der Waals surface area contributed by atoms with E-state index in [4.69, 9.17) is 9.41 Å². The molecule has 8 aromatic carbocycles. The molecule has 1 heterocycles. The smallest absolute Gasteiger partial charge is 0.136 e. The molecule has 0 N–H and O–H groups in total. The van der Waals surface area contributed by atoms with Gasteiger partial charge in [-0.2, -0.15) is 0 Å². The Labute approximate surface area is 341 Å². The first-order valence-electron chi connectivity index (χ1n) is 20.3. The molecule has 0 bridgehead atoms. The zero-order valence-corrected chi connectivity index (χ0v) is 33.0. The van der Waals surface area contributed by atoms with E-state index >= 15 is 0 Å². The van der Waals surface area contributed by atoms with E-state index in [1.165, 1.54) is 49.7 Å². The minimum Gasteiger partial charge on any atom is -0.456 e. The molecule has 9 rings (SSSR count). The van der Waals surface area contributed by atoms with Crippen LogP contribution in [0, 0.1) is 0 Å². The van der Waals surface area contributed by atoms with Crippen molar-refractivity contribution in [1.29, 1.82) is 0 Å². The molecule has 0 unspecified atom stereocenters. The van der Waals surface area contributed by atoms with Crippen LogP contribution in [0.15, 0.2) is 209 Å². The largest absolute Gasteiger partial charge is 0.456 e. The summed E-state index contributed by atoms with van der Waals surface area (Å²) in [5, 5.41) is 4.59. The van der Waals surface area contributed by atoms with Crippen molar-refractivity contribution < 1.29 is 4.42 Å². The average molecular weight is 748 g/mol. The van der Waals surface area contributed by atoms with Crippen LogP contribution in [-0.2, 0) is 0 Å². The fourth-order valence-corrected chi connectivity index (χ4v) is 7.97. The fraction of sp³-hybridized carbons (Fsp3) is 0.0893. The molecule has 0 fully saturated rings. The average Bonchev–Trinajstić information content (AvgIpc) is 3.66. The van der Waals surface area contributed by atoms with Crippen molar-refractivity contribution in [3.05, 3.63) is 216 Å². The molecule has 1 aromatic heterocycles. The van der Waals surface area contributed by atoms with Crippen LogP contribution in [0.2, 0.25) is 0 Å². The van der Waals surface area contributed by atoms with Gasteiger partial charge in [0.1, 0.15) is 11.2 Å². The van der Waals surface area contributed by atoms with Gasteiger partial charge in [0.05, 0.1) is 11.4 Å². The molecule has 0 spiro atoms. The minimum absolute atomic E-state index is 0.690. The molecule has 0 aliphatic rings. The van der Waals surface area contributed by atoms with Gasteiger partial charge >= 0.3 is 0 Å². The summed E-state index contributed by atoms with van der Waals surface area (Å²) in [7, 11) is 0. The van der Waals surface area contributed by atoms with Crippen LogP contribution >= 0.6 is 0 Å². The molecule has 0 aliphatic heterocycles. The Balaban J connectivity index is 1.16. The second kappa shape index (κ2) is 16.6. The number of furan rings is 1. The maximum Gasteiger partial charge on any atom is 0.136 e. The summed E-state index contributed by atoms with van der Waals surface area (Å²) in [5.74, 6) is 0. The maximum atomic E-state index is 6.58. The van der Waals surface area contributed by atoms with E-state index in [2.05, 4.69) is 214 Å². The third kappa shape index (κ3) is 7.83. The summed E-state index contributed by atoms with van der Waals surface area (Å²) in [4.78, 5) is 5.67. The molecule has 0 amide bonds. The zero-order valence-electron chi connectivity index (χ0n) is 33.0. The van der Waals surface area contributed by atoms with Crippen LogP contribution in [0.3, 0.4) is 0 Å². The predicted molar refractivity (Wildman–Crippen MR) is 248 cm³/mol. The molecule has 0 atom stereocenters. The number of benzene rings is 8. The molecular weight excluding hydrogens is 703 g/mol. The standard InChI is InChI=1S/C56H45NO/c1-3-4-25-52(50-24-15-26-54-56(50)51-32-31-48(38-55(51)58-54)43-21-12-7-13-22-43)57-53(34-39(2)33-40-16-14-23-44(35-40)41-17-8-5-9-18-41)49-30-29-46-36-45(27-28-47(46)37-49)42-19-10-6-11-20-42/h5-33,35-38H,3-4,34H2,1-2H3/b39-33-,52-25-,57-53?. The lowest BCUT2D eigenvalue weighted by atomic mass is 9.95. The van der Waals surface area contributed by atoms with Crippen LogP contribution in [0.1, 0.15) is 49.8 Å². The molecule has 280 valence electrons. The number of hydrogen-bond donors (Lipinski definition) is 0. The van der Waals surface area contributed by atoms with Crippen LogP contribution in [0.25, 0.3) is 77.9 Å². The quantitative estimate of drug-likeness (QED) is 0.121. The first-order chi connectivity index (χ1) is 28.6. The molecule has 0 saturated carbocycles. The highest BCUT2D eigenvalue weighted by atomic mass is 16.3. The Morgan fingerprint density at radius 1 is 0.534 bits per heavy atom. The van der Waals surface area contributed by atoms with Crippen LogP contribution < -0.4 is 0 Å². The van der Waals surface area contributed by atoms with Gasteiger partial charge in [0, 0.05) is 22.8 Å². The number of rotatable bonds is 11. The Bertz CT molecular complexity index is 2970. The summed E-state index contributed by atoms with van der Waals surface area (Å²) in [6.07, 6.45) is 7.24. The number of fused-ring (bicyclic) bond motifs is 4. The molecule has 2 heteroatoms. The second-order valence-corrected chi connectivity index (χ2v) is 15.1. The minimum atomic E-state index is 0.690. The monoisotopic (exact) mass is 747 g/mol. The number of unbranched alkanes of at least 4 members (excludes halogenated alkanes) is 1. The van der Waals surface area contributed by atoms with Crippen molar-refractivity contribution in [1.82, 2.24) is 0 Å². The Hall–Kier alpha value is -7.03. The number of allylic oxidation sites excluding steroid dienone is 2. The van der Waals surface area contributed by atoms with Gasteiger partial charge in [-0.05, 0) is 105 Å². The van der Waals surface area contributed by atoms with Crippen LogP contribution in [0.4, 0.5) is 0 Å². The van der Waals surface area contributed by atoms with Gasteiger partial charge in [-0.1, -0.05) is 183 Å². The number of hydrogen-bond acceptors (Lipinski definition) is 2. The predicted octanol–water partition coefficient (Wildman–Crippen LogP) is 15.9. The molecule has 0 radical (unpaired) electrons. The van der Waals surface area contributed by atoms with E-state index < -0.39 is 0 Å². The molecule has 0 aliphatic carbocycles. The first-order valence-corrected chi connectivity index (χ1v) is 20.3. The zero-order chi connectivity index (χ0) is 39.3. The van der Waals surface area contributed by atoms with Crippen molar-refractivity contribution in [3.63, 3.8) is 0 Å². The van der Waals surface area contributed by atoms with Crippen molar-refractivity contribution in [2.45, 2.75) is 33.1 Å². The Kier molecular flexibility index (Phi) is 10.5. The van der Waals surface area contributed by atoms with Gasteiger partial charge in [0.2, 0.25) is 0 Å². The van der Waals surface area contributed by atoms with Crippen LogP contribution in [0.5, 0.6) is 0 Å². The maximum absolute atomic E-state index is 6.58. The van der Waals surface area contributed by atoms with E-state index in [1.54, 1.807) is 0 Å². The normalized spacial score (nSPS) is 12.5. The second-order valence-electron chi connectivity index (χ2n) is 15.1. The van der Waals surface area contributed by atoms with Crippen molar-refractivity contribution in [3.8, 4) is 33.4 Å². The van der Waals surface area contributed by atoms with Crippen molar-refractivity contribution >= 4 is 50.2 Å². The summed E-state index contributed by atoms with van der Waals surface area (Å²) >= 11 is 0. The topological polar surface area (TPSA) is 25.5 Å². The van der Waals surface area contributed by atoms with E-state index in [0.717, 1.165) is 62.9 Å². The lowest BCUT2D eigenvalue weighted by Gasteiger charge is -2.13. The van der Waals surface area contributed by atoms with Gasteiger partial charge in [0.15, 0.2) is 0 Å². The van der Waals surface area contributed by atoms with E-state index in [-0.39, 0.29) is 0 Å². The van der Waals surface area contributed by atoms with Gasteiger partial charge < -0.3 is 4.42 Å². The molecule has 9 aromatic rings. The lowest BCUT2D eigenvalue weighted by Crippen LogP contribution is -2.03. The van der Waals surface area contributed by atoms with E-state index in [0.29, 0.717) is 6.42 Å². The third-order valence-corrected chi connectivity index (χ3v) is 10.9. The summed E-state index contributed by atoms with van der Waals surface area (Å²) < 4.78 is 6.58. The van der Waals surface area contributed by atoms with Crippen LogP contribution in [-0.4, -0.2) is 5.71 Å². The number of aliphatic imine (C=N–C) groups is 1. The molecule has 0 saturated heterocycles. The SMILES string of the molecule is CCC/C=C(\N=C(C/C(C)=C\c1cccc(-c2ccccc2)c1)c1ccc2cc(-c3ccccc3)ccc2c1)c1cccc2oc3cc(-c4ccccc4)ccc3c12. The van der Waals surface area contributed by atoms with Gasteiger partial charge in [-0.15, -0.1) is 0 Å². The molecular formula is C56H45NO. The van der Waals surface area contributed by atoms with E-state index in [9.17, 15) is 0 Å². The lowest BCUT2D eigenvalue weighted by molar-refractivity contribution is 0.669. The van der Waals surface area contributed by atoms with Gasteiger partial charge in [0.25, 0.3) is 0 Å². The highest BCUT2D eigenvalue weighted by Crippen LogP contribution is 2.38. The summed E-state index contributed by atoms with van der Waals surface area (Å²) in [6.45, 7) is 4.45. The Morgan fingerprint density at radius 3 is 1.84 bits per heavy atom. The highest BCUT2D eigenvalue weighted by molar-refractivity contribution is 6.13. The first kappa shape index (κ1) is 36.6. The van der Waals surface area contributed by atoms with Crippen molar-refractivity contribution in [2.24, 2.45) is 4.99 Å².